The third-order valence-corrected chi connectivity index (χ3v) is 5.16. The van der Waals surface area contributed by atoms with E-state index in [4.69, 9.17) is 18.6 Å². The Morgan fingerprint density at radius 2 is 1.79 bits per heavy atom. The number of nitro benzene ring substituents is 2. The molecule has 0 bridgehead atoms. The van der Waals surface area contributed by atoms with Gasteiger partial charge in [0.1, 0.15) is 11.3 Å². The lowest BCUT2D eigenvalue weighted by atomic mass is 10.2. The number of hydrogen-bond donors (Lipinski definition) is 1. The minimum absolute atomic E-state index is 0.0665. The number of benzene rings is 3. The molecule has 13 nitrogen and oxygen atoms in total. The van der Waals surface area contributed by atoms with Gasteiger partial charge in [-0.1, -0.05) is 0 Å². The summed E-state index contributed by atoms with van der Waals surface area (Å²) in [4.78, 5) is 33.3. The zero-order valence-electron chi connectivity index (χ0n) is 20.1. The van der Waals surface area contributed by atoms with Crippen LogP contribution in [0.1, 0.15) is 23.0 Å². The van der Waals surface area contributed by atoms with E-state index < -0.39 is 27.1 Å². The largest absolute Gasteiger partial charge is 0.494 e. The van der Waals surface area contributed by atoms with Gasteiger partial charge in [0.2, 0.25) is 5.75 Å². The minimum atomic E-state index is -0.779. The first kappa shape index (κ1) is 25.6. The first-order valence-electron chi connectivity index (χ1n) is 11.1. The van der Waals surface area contributed by atoms with E-state index in [1.165, 1.54) is 25.5 Å². The number of nitro groups is 2. The summed E-state index contributed by atoms with van der Waals surface area (Å²) in [6, 6.07) is 14.4. The topological polar surface area (TPSA) is 169 Å². The fourth-order valence-corrected chi connectivity index (χ4v) is 3.43. The Labute approximate surface area is 214 Å². The van der Waals surface area contributed by atoms with Crippen LogP contribution in [0.3, 0.4) is 0 Å². The molecule has 1 N–H and O–H groups in total. The second kappa shape index (κ2) is 11.1. The Morgan fingerprint density at radius 1 is 1.00 bits per heavy atom. The average Bonchev–Trinajstić information content (AvgIpc) is 3.33. The Bertz CT molecular complexity index is 1560. The van der Waals surface area contributed by atoms with Crippen LogP contribution in [0.2, 0.25) is 0 Å². The number of hydrogen-bond acceptors (Lipinski definition) is 10. The molecule has 0 fully saturated rings. The lowest BCUT2D eigenvalue weighted by molar-refractivity contribution is -0.394. The van der Waals surface area contributed by atoms with E-state index in [0.29, 0.717) is 28.9 Å². The van der Waals surface area contributed by atoms with Crippen molar-refractivity contribution >= 4 is 34.5 Å². The molecule has 0 saturated carbocycles. The zero-order chi connectivity index (χ0) is 27.2. The summed E-state index contributed by atoms with van der Waals surface area (Å²) in [7, 11) is 1.37. The number of rotatable bonds is 10. The second-order valence-corrected chi connectivity index (χ2v) is 7.62. The van der Waals surface area contributed by atoms with Gasteiger partial charge in [0, 0.05) is 11.5 Å². The van der Waals surface area contributed by atoms with E-state index >= 15 is 0 Å². The van der Waals surface area contributed by atoms with Crippen LogP contribution in [0, 0.1) is 20.2 Å². The molecule has 0 unspecified atom stereocenters. The molecular formula is C25H20N4O9. The van der Waals surface area contributed by atoms with Crippen molar-refractivity contribution in [3.8, 4) is 23.0 Å². The van der Waals surface area contributed by atoms with E-state index in [-0.39, 0.29) is 23.0 Å². The van der Waals surface area contributed by atoms with Gasteiger partial charge in [0.15, 0.2) is 17.3 Å². The SMILES string of the molecule is CCOc1ccc2oc(C(=O)N/N=C/c3ccc(Oc4ccc([N+](=O)[O-])cc4[N+](=O)[O-])c(OC)c3)cc2c1. The van der Waals surface area contributed by atoms with Gasteiger partial charge in [-0.05, 0) is 61.0 Å². The first-order valence-corrected chi connectivity index (χ1v) is 11.1. The Hall–Kier alpha value is -5.46. The highest BCUT2D eigenvalue weighted by molar-refractivity contribution is 5.96. The molecule has 194 valence electrons. The molecule has 0 radical (unpaired) electrons. The third kappa shape index (κ3) is 5.67. The molecule has 13 heteroatoms. The number of carbonyl (C=O) groups is 1. The van der Waals surface area contributed by atoms with Crippen LogP contribution in [0.15, 0.2) is 70.2 Å². The maximum absolute atomic E-state index is 12.5. The minimum Gasteiger partial charge on any atom is -0.494 e. The molecule has 0 aliphatic rings. The fourth-order valence-electron chi connectivity index (χ4n) is 3.43. The number of ether oxygens (including phenoxy) is 3. The summed E-state index contributed by atoms with van der Waals surface area (Å²) in [5.41, 5.74) is 2.40. The van der Waals surface area contributed by atoms with Crippen molar-refractivity contribution in [3.05, 3.63) is 92.2 Å². The van der Waals surface area contributed by atoms with Crippen LogP contribution in [-0.2, 0) is 0 Å². The summed E-state index contributed by atoms with van der Waals surface area (Å²) < 4.78 is 21.9. The van der Waals surface area contributed by atoms with Crippen LogP contribution in [-0.4, -0.2) is 35.7 Å². The average molecular weight is 520 g/mol. The molecule has 1 heterocycles. The smallest absolute Gasteiger partial charge is 0.318 e. The highest BCUT2D eigenvalue weighted by Crippen LogP contribution is 2.38. The number of methoxy groups -OCH3 is 1. The number of amides is 1. The molecule has 0 spiro atoms. The monoisotopic (exact) mass is 520 g/mol. The van der Waals surface area contributed by atoms with E-state index in [2.05, 4.69) is 10.5 Å². The molecule has 0 atom stereocenters. The van der Waals surface area contributed by atoms with Gasteiger partial charge in [-0.3, -0.25) is 25.0 Å². The van der Waals surface area contributed by atoms with E-state index in [9.17, 15) is 25.0 Å². The van der Waals surface area contributed by atoms with Crippen molar-refractivity contribution < 1.29 is 33.3 Å². The summed E-state index contributed by atoms with van der Waals surface area (Å²) in [5, 5.41) is 26.9. The highest BCUT2D eigenvalue weighted by Gasteiger charge is 2.22. The number of nitrogens with zero attached hydrogens (tertiary/aromatic N) is 3. The van der Waals surface area contributed by atoms with Gasteiger partial charge in [0.05, 0.1) is 35.8 Å². The number of carbonyl (C=O) groups excluding carboxylic acids is 1. The molecule has 4 aromatic rings. The predicted molar refractivity (Wildman–Crippen MR) is 135 cm³/mol. The van der Waals surface area contributed by atoms with Crippen molar-refractivity contribution in [2.75, 3.05) is 13.7 Å². The summed E-state index contributed by atoms with van der Waals surface area (Å²) in [6.45, 7) is 2.39. The van der Waals surface area contributed by atoms with E-state index in [1.807, 2.05) is 6.92 Å². The Balaban J connectivity index is 1.47. The van der Waals surface area contributed by atoms with Crippen LogP contribution in [0.4, 0.5) is 11.4 Å². The van der Waals surface area contributed by atoms with Gasteiger partial charge in [-0.25, -0.2) is 5.43 Å². The van der Waals surface area contributed by atoms with Crippen LogP contribution in [0.25, 0.3) is 11.0 Å². The number of non-ortho nitro benzene ring substituents is 1. The van der Waals surface area contributed by atoms with Gasteiger partial charge in [0.25, 0.3) is 5.69 Å². The third-order valence-electron chi connectivity index (χ3n) is 5.16. The predicted octanol–water partition coefficient (Wildman–Crippen LogP) is 5.21. The van der Waals surface area contributed by atoms with Crippen LogP contribution in [0.5, 0.6) is 23.0 Å². The molecule has 3 aromatic carbocycles. The van der Waals surface area contributed by atoms with Crippen LogP contribution < -0.4 is 19.6 Å². The molecule has 0 saturated heterocycles. The van der Waals surface area contributed by atoms with E-state index in [0.717, 1.165) is 18.2 Å². The van der Waals surface area contributed by atoms with Crippen LogP contribution >= 0.6 is 0 Å². The number of fused-ring (bicyclic) bond motifs is 1. The quantitative estimate of drug-likeness (QED) is 0.167. The van der Waals surface area contributed by atoms with Gasteiger partial charge < -0.3 is 18.6 Å². The molecule has 38 heavy (non-hydrogen) atoms. The van der Waals surface area contributed by atoms with Gasteiger partial charge in [-0.15, -0.1) is 0 Å². The van der Waals surface area contributed by atoms with Crippen molar-refractivity contribution in [1.82, 2.24) is 5.43 Å². The molecule has 1 amide bonds. The van der Waals surface area contributed by atoms with Crippen molar-refractivity contribution in [2.24, 2.45) is 5.10 Å². The van der Waals surface area contributed by atoms with E-state index in [1.54, 1.807) is 30.3 Å². The maximum Gasteiger partial charge on any atom is 0.318 e. The first-order chi connectivity index (χ1) is 18.3. The van der Waals surface area contributed by atoms with Crippen molar-refractivity contribution in [2.45, 2.75) is 6.92 Å². The fraction of sp³-hybridized carbons (Fsp3) is 0.120. The normalized spacial score (nSPS) is 10.9. The standard InChI is InChI=1S/C25H20N4O9/c1-3-36-18-6-9-20-16(11-18)12-24(37-20)25(30)27-26-14-15-4-7-22(23(10-15)35-2)38-21-8-5-17(28(31)32)13-19(21)29(33)34/h4-14H,3H2,1-2H3,(H,27,30)/b26-14+. The molecule has 1 aromatic heterocycles. The summed E-state index contributed by atoms with van der Waals surface area (Å²) in [5.74, 6) is 0.293. The molecule has 4 rings (SSSR count). The van der Waals surface area contributed by atoms with Crippen molar-refractivity contribution in [1.29, 1.82) is 0 Å². The Morgan fingerprint density at radius 3 is 2.50 bits per heavy atom. The van der Waals surface area contributed by atoms with Gasteiger partial charge in [-0.2, -0.15) is 5.10 Å². The molecule has 0 aliphatic heterocycles. The van der Waals surface area contributed by atoms with Gasteiger partial charge >= 0.3 is 11.6 Å². The second-order valence-electron chi connectivity index (χ2n) is 7.62. The molecular weight excluding hydrogens is 500 g/mol. The van der Waals surface area contributed by atoms with Crippen molar-refractivity contribution in [3.63, 3.8) is 0 Å². The Kier molecular flexibility index (Phi) is 7.47. The summed E-state index contributed by atoms with van der Waals surface area (Å²) in [6.07, 6.45) is 1.36. The number of hydrazone groups is 1. The molecule has 0 aliphatic carbocycles. The lowest BCUT2D eigenvalue weighted by Gasteiger charge is -2.11. The number of nitrogens with one attached hydrogen (secondary N) is 1. The highest BCUT2D eigenvalue weighted by atomic mass is 16.6. The zero-order valence-corrected chi connectivity index (χ0v) is 20.1. The maximum atomic E-state index is 12.5. The number of furan rings is 1. The lowest BCUT2D eigenvalue weighted by Crippen LogP contribution is -2.16. The summed E-state index contributed by atoms with van der Waals surface area (Å²) >= 11 is 0.